The molecule has 118 valence electrons. The first-order valence-corrected chi connectivity index (χ1v) is 7.52. The van der Waals surface area contributed by atoms with Gasteiger partial charge in [-0.05, 0) is 41.0 Å². The number of nitrogens with zero attached hydrogens (tertiary/aromatic N) is 1. The predicted molar refractivity (Wildman–Crippen MR) is 85.5 cm³/mol. The Labute approximate surface area is 134 Å². The molecular weight excluding hydrogens is 294 g/mol. The zero-order valence-corrected chi connectivity index (χ0v) is 12.7. The van der Waals surface area contributed by atoms with E-state index in [2.05, 4.69) is 4.99 Å². The van der Waals surface area contributed by atoms with Gasteiger partial charge in [-0.2, -0.15) is 0 Å². The molecule has 0 spiro atoms. The van der Waals surface area contributed by atoms with Crippen molar-refractivity contribution in [3.05, 3.63) is 53.1 Å². The Morgan fingerprint density at radius 1 is 1.17 bits per heavy atom. The maximum absolute atomic E-state index is 10.8. The minimum absolute atomic E-state index is 0.241. The molecule has 0 saturated carbocycles. The summed E-state index contributed by atoms with van der Waals surface area (Å²) in [5.41, 5.74) is 2.90. The van der Waals surface area contributed by atoms with Crippen molar-refractivity contribution in [2.45, 2.75) is 18.6 Å². The number of aliphatic imine (C=N–C) groups is 1. The van der Waals surface area contributed by atoms with Crippen LogP contribution in [0.1, 0.15) is 28.8 Å². The maximum atomic E-state index is 10.8. The predicted octanol–water partition coefficient (Wildman–Crippen LogP) is 2.83. The third kappa shape index (κ3) is 2.43. The smallest absolute Gasteiger partial charge is 0.231 e. The van der Waals surface area contributed by atoms with Crippen LogP contribution < -0.4 is 14.2 Å². The van der Waals surface area contributed by atoms with Gasteiger partial charge in [0.15, 0.2) is 11.5 Å². The molecule has 0 bridgehead atoms. The number of aliphatic hydroxyl groups excluding tert-OH is 1. The highest BCUT2D eigenvalue weighted by Crippen LogP contribution is 2.42. The van der Waals surface area contributed by atoms with Crippen molar-refractivity contribution >= 4 is 6.21 Å². The molecule has 2 aromatic rings. The van der Waals surface area contributed by atoms with Gasteiger partial charge in [-0.3, -0.25) is 4.99 Å². The number of fused-ring (bicyclic) bond motifs is 2. The van der Waals surface area contributed by atoms with Crippen LogP contribution in [0.4, 0.5) is 0 Å². The van der Waals surface area contributed by atoms with E-state index in [1.54, 1.807) is 7.11 Å². The van der Waals surface area contributed by atoms with Crippen LogP contribution in [0.5, 0.6) is 17.2 Å². The molecule has 0 saturated heterocycles. The van der Waals surface area contributed by atoms with Gasteiger partial charge in [-0.25, -0.2) is 0 Å². The van der Waals surface area contributed by atoms with Gasteiger partial charge >= 0.3 is 0 Å². The highest BCUT2D eigenvalue weighted by atomic mass is 16.7. The van der Waals surface area contributed by atoms with Crippen molar-refractivity contribution in [2.24, 2.45) is 4.99 Å². The van der Waals surface area contributed by atoms with Crippen LogP contribution in [-0.2, 0) is 6.42 Å². The first-order chi connectivity index (χ1) is 11.3. The molecule has 23 heavy (non-hydrogen) atoms. The summed E-state index contributed by atoms with van der Waals surface area (Å²) in [6.07, 6.45) is 1.86. The highest BCUT2D eigenvalue weighted by molar-refractivity contribution is 5.68. The van der Waals surface area contributed by atoms with E-state index in [1.807, 2.05) is 42.6 Å². The third-order valence-corrected chi connectivity index (χ3v) is 4.29. The minimum atomic E-state index is -0.725. The third-order valence-electron chi connectivity index (χ3n) is 4.29. The van der Waals surface area contributed by atoms with Crippen LogP contribution in [0, 0.1) is 0 Å². The van der Waals surface area contributed by atoms with E-state index in [0.717, 1.165) is 34.6 Å². The lowest BCUT2D eigenvalue weighted by molar-refractivity contribution is 0.147. The van der Waals surface area contributed by atoms with E-state index in [4.69, 9.17) is 14.2 Å². The van der Waals surface area contributed by atoms with Crippen LogP contribution in [0.3, 0.4) is 0 Å². The van der Waals surface area contributed by atoms with Gasteiger partial charge in [0.05, 0.1) is 7.11 Å². The lowest BCUT2D eigenvalue weighted by Crippen LogP contribution is -2.15. The van der Waals surface area contributed by atoms with Crippen molar-refractivity contribution < 1.29 is 19.3 Å². The molecule has 1 N–H and O–H groups in total. The second-order valence-electron chi connectivity index (χ2n) is 5.60. The molecule has 0 aliphatic carbocycles. The topological polar surface area (TPSA) is 60.3 Å². The molecule has 0 amide bonds. The normalized spacial score (nSPS) is 19.3. The van der Waals surface area contributed by atoms with Gasteiger partial charge in [0.25, 0.3) is 0 Å². The number of ether oxygens (including phenoxy) is 3. The molecule has 0 aromatic heterocycles. The lowest BCUT2D eigenvalue weighted by Gasteiger charge is -2.25. The van der Waals surface area contributed by atoms with Crippen LogP contribution in [0.2, 0.25) is 0 Å². The Morgan fingerprint density at radius 2 is 1.91 bits per heavy atom. The van der Waals surface area contributed by atoms with Gasteiger partial charge in [0, 0.05) is 12.6 Å². The molecule has 0 radical (unpaired) electrons. The minimum Gasteiger partial charge on any atom is -0.497 e. The number of benzene rings is 2. The van der Waals surface area contributed by atoms with Crippen molar-refractivity contribution in [3.8, 4) is 17.2 Å². The van der Waals surface area contributed by atoms with Crippen molar-refractivity contribution in [3.63, 3.8) is 0 Å². The fourth-order valence-corrected chi connectivity index (χ4v) is 3.03. The zero-order chi connectivity index (χ0) is 15.8. The number of methoxy groups -OCH3 is 1. The molecule has 2 unspecified atom stereocenters. The summed E-state index contributed by atoms with van der Waals surface area (Å²) >= 11 is 0. The van der Waals surface area contributed by atoms with Crippen LogP contribution in [0.25, 0.3) is 0 Å². The number of rotatable bonds is 3. The van der Waals surface area contributed by atoms with E-state index in [9.17, 15) is 5.11 Å². The van der Waals surface area contributed by atoms with Gasteiger partial charge in [0.2, 0.25) is 6.79 Å². The SMILES string of the molecule is COc1ccc(C(O)C2N=CCc3cc4c(cc32)OCO4)cc1. The number of hydrogen-bond acceptors (Lipinski definition) is 5. The molecule has 2 atom stereocenters. The quantitative estimate of drug-likeness (QED) is 0.947. The van der Waals surface area contributed by atoms with Gasteiger partial charge < -0.3 is 19.3 Å². The van der Waals surface area contributed by atoms with Gasteiger partial charge in [-0.1, -0.05) is 12.1 Å². The van der Waals surface area contributed by atoms with Crippen LogP contribution in [0.15, 0.2) is 41.4 Å². The molecule has 5 nitrogen and oxygen atoms in total. The molecular formula is C18H17NO4. The molecule has 5 heteroatoms. The summed E-state index contributed by atoms with van der Waals surface area (Å²) < 4.78 is 16.0. The van der Waals surface area contributed by atoms with E-state index in [0.29, 0.717) is 5.75 Å². The molecule has 2 aliphatic rings. The van der Waals surface area contributed by atoms with Crippen molar-refractivity contribution in [2.75, 3.05) is 13.9 Å². The first kappa shape index (κ1) is 14.1. The monoisotopic (exact) mass is 311 g/mol. The highest BCUT2D eigenvalue weighted by Gasteiger charge is 2.29. The molecule has 2 aliphatic heterocycles. The van der Waals surface area contributed by atoms with E-state index in [1.165, 1.54) is 0 Å². The van der Waals surface area contributed by atoms with E-state index < -0.39 is 6.10 Å². The Balaban J connectivity index is 1.69. The Hall–Kier alpha value is -2.53. The standard InChI is InChI=1S/C18H17NO4/c1-21-13-4-2-11(3-5-13)18(20)17-14-9-16-15(22-10-23-16)8-12(14)6-7-19-17/h2-5,7-9,17-18,20H,6,10H2,1H3. The average molecular weight is 311 g/mol. The number of aliphatic hydroxyl groups is 1. The molecule has 2 aromatic carbocycles. The fraction of sp³-hybridized carbons (Fsp3) is 0.278. The Kier molecular flexibility index (Phi) is 3.42. The fourth-order valence-electron chi connectivity index (χ4n) is 3.03. The van der Waals surface area contributed by atoms with E-state index >= 15 is 0 Å². The summed E-state index contributed by atoms with van der Waals surface area (Å²) in [5, 5.41) is 10.8. The Morgan fingerprint density at radius 3 is 2.65 bits per heavy atom. The van der Waals surface area contributed by atoms with Crippen molar-refractivity contribution in [1.29, 1.82) is 0 Å². The maximum Gasteiger partial charge on any atom is 0.231 e. The van der Waals surface area contributed by atoms with Gasteiger partial charge in [0.1, 0.15) is 17.9 Å². The second-order valence-corrected chi connectivity index (χ2v) is 5.60. The average Bonchev–Trinajstić information content (AvgIpc) is 3.06. The Bertz CT molecular complexity index is 754. The lowest BCUT2D eigenvalue weighted by atomic mass is 9.89. The summed E-state index contributed by atoms with van der Waals surface area (Å²) in [5.74, 6) is 2.24. The van der Waals surface area contributed by atoms with Crippen molar-refractivity contribution in [1.82, 2.24) is 0 Å². The largest absolute Gasteiger partial charge is 0.497 e. The molecule has 2 heterocycles. The zero-order valence-electron chi connectivity index (χ0n) is 12.7. The first-order valence-electron chi connectivity index (χ1n) is 7.52. The second kappa shape index (κ2) is 5.59. The number of hydrogen-bond donors (Lipinski definition) is 1. The summed E-state index contributed by atoms with van der Waals surface area (Å²) in [6, 6.07) is 11.0. The molecule has 0 fully saturated rings. The van der Waals surface area contributed by atoms with Gasteiger partial charge in [-0.15, -0.1) is 0 Å². The summed E-state index contributed by atoms with van der Waals surface area (Å²) in [4.78, 5) is 4.51. The van der Waals surface area contributed by atoms with Crippen LogP contribution in [-0.4, -0.2) is 25.2 Å². The van der Waals surface area contributed by atoms with E-state index in [-0.39, 0.29) is 12.8 Å². The summed E-state index contributed by atoms with van der Waals surface area (Å²) in [7, 11) is 1.62. The summed E-state index contributed by atoms with van der Waals surface area (Å²) in [6.45, 7) is 0.241. The molecule has 4 rings (SSSR count). The van der Waals surface area contributed by atoms with Crippen LogP contribution >= 0.6 is 0 Å².